The molecular weight excluding hydrogens is 486 g/mol. The van der Waals surface area contributed by atoms with Crippen LogP contribution >= 0.6 is 19.1 Å². The summed E-state index contributed by atoms with van der Waals surface area (Å²) < 4.78 is 8.88. The molecule has 0 bridgehead atoms. The third-order valence-electron chi connectivity index (χ3n) is 3.14. The fraction of sp³-hybridized carbons (Fsp3) is 0.222. The van der Waals surface area contributed by atoms with Crippen LogP contribution in [0.15, 0.2) is 60.7 Å². The van der Waals surface area contributed by atoms with Crippen LogP contribution in [-0.4, -0.2) is 26.2 Å². The first-order valence-corrected chi connectivity index (χ1v) is 11.4. The summed E-state index contributed by atoms with van der Waals surface area (Å²) in [5.74, 6) is -1.05. The number of carbonyl (C=O) groups is 2. The van der Waals surface area contributed by atoms with Crippen molar-refractivity contribution in [2.75, 3.05) is 14.2 Å². The standard InChI is InChI=1S/2C9H10NO2.2ClH.Pd/c2*1-12-9(11)8(10)7-5-3-2-4-6-7;;;/h2*2-6,8,10H,1H3;2*1H;/q2*-1;;;+2/p-2. The molecule has 0 saturated heterocycles. The monoisotopic (exact) mass is 504 g/mol. The maximum absolute atomic E-state index is 10.9. The van der Waals surface area contributed by atoms with Crippen LogP contribution in [0.1, 0.15) is 23.2 Å². The van der Waals surface area contributed by atoms with Crippen LogP contribution in [0.4, 0.5) is 0 Å². The van der Waals surface area contributed by atoms with Gasteiger partial charge in [0, 0.05) is 0 Å². The van der Waals surface area contributed by atoms with Crippen molar-refractivity contribution >= 4 is 31.0 Å². The molecule has 0 spiro atoms. The second kappa shape index (κ2) is 15.6. The molecule has 0 aliphatic carbocycles. The molecule has 9 heteroatoms. The van der Waals surface area contributed by atoms with E-state index in [1.807, 2.05) is 12.1 Å². The van der Waals surface area contributed by atoms with Crippen LogP contribution in [-0.2, 0) is 35.0 Å². The zero-order valence-corrected chi connectivity index (χ0v) is 17.7. The molecule has 2 aromatic carbocycles. The Bertz CT molecular complexity index is 605. The second-order valence-electron chi connectivity index (χ2n) is 4.78. The van der Waals surface area contributed by atoms with E-state index in [4.69, 9.17) is 30.5 Å². The minimum atomic E-state index is -0.920. The predicted octanol–water partition coefficient (Wildman–Crippen LogP) is 5.28. The summed E-state index contributed by atoms with van der Waals surface area (Å²) in [7, 11) is 12.2. The Labute approximate surface area is 175 Å². The zero-order chi connectivity index (χ0) is 20.7. The number of nitrogens with one attached hydrogen (secondary N) is 2. The number of rotatable bonds is 4. The van der Waals surface area contributed by atoms with E-state index in [0.717, 1.165) is 0 Å². The van der Waals surface area contributed by atoms with E-state index >= 15 is 0 Å². The normalized spacial score (nSPS) is 11.6. The number of benzene rings is 2. The number of methoxy groups -OCH3 is 2. The molecule has 6 nitrogen and oxygen atoms in total. The number of carbonyl (C=O) groups excluding carboxylic acids is 2. The molecule has 27 heavy (non-hydrogen) atoms. The molecule has 0 fully saturated rings. The molecule has 2 atom stereocenters. The second-order valence-corrected chi connectivity index (χ2v) is 7.14. The molecule has 2 aromatic rings. The maximum atomic E-state index is 10.9. The van der Waals surface area contributed by atoms with Gasteiger partial charge in [0.15, 0.2) is 0 Å². The molecule has 2 N–H and O–H groups in total. The van der Waals surface area contributed by atoms with Gasteiger partial charge in [0.25, 0.3) is 11.9 Å². The van der Waals surface area contributed by atoms with Gasteiger partial charge < -0.3 is 20.9 Å². The van der Waals surface area contributed by atoms with E-state index in [1.54, 1.807) is 48.5 Å². The number of hydrogen-bond donors (Lipinski definition) is 0. The fourth-order valence-corrected chi connectivity index (χ4v) is 1.80. The quantitative estimate of drug-likeness (QED) is 0.417. The summed E-state index contributed by atoms with van der Waals surface area (Å²) in [5.41, 5.74) is 16.2. The van der Waals surface area contributed by atoms with Crippen molar-refractivity contribution in [2.45, 2.75) is 12.1 Å². The summed E-state index contributed by atoms with van der Waals surface area (Å²) in [6, 6.07) is 15.9. The van der Waals surface area contributed by atoms with E-state index in [0.29, 0.717) is 11.1 Å². The van der Waals surface area contributed by atoms with Crippen LogP contribution < -0.4 is 0 Å². The first-order valence-electron chi connectivity index (χ1n) is 7.43. The summed E-state index contributed by atoms with van der Waals surface area (Å²) in [5, 5.41) is 0. The number of ether oxygens (including phenoxy) is 2. The molecule has 0 radical (unpaired) electrons. The van der Waals surface area contributed by atoms with Gasteiger partial charge in [-0.2, -0.15) is 0 Å². The summed E-state index contributed by atoms with van der Waals surface area (Å²) in [4.78, 5) is 21.8. The third-order valence-corrected chi connectivity index (χ3v) is 3.14. The van der Waals surface area contributed by atoms with Gasteiger partial charge in [-0.25, -0.2) is 0 Å². The molecule has 2 unspecified atom stereocenters. The Balaban J connectivity index is 0.000000438. The van der Waals surface area contributed by atoms with Crippen molar-refractivity contribution in [2.24, 2.45) is 0 Å². The van der Waals surface area contributed by atoms with Crippen molar-refractivity contribution in [1.29, 1.82) is 0 Å². The molecule has 0 aliphatic rings. The van der Waals surface area contributed by atoms with Gasteiger partial charge in [-0.3, -0.25) is 9.59 Å². The first kappa shape index (κ1) is 25.5. The minimum absolute atomic E-state index is 0.106. The molecule has 0 amide bonds. The van der Waals surface area contributed by atoms with Crippen LogP contribution in [0.2, 0.25) is 0 Å². The molecule has 152 valence electrons. The predicted molar refractivity (Wildman–Crippen MR) is 103 cm³/mol. The van der Waals surface area contributed by atoms with E-state index in [-0.39, 0.29) is 15.9 Å². The Kier molecular flexibility index (Phi) is 14.7. The Morgan fingerprint density at radius 1 is 0.778 bits per heavy atom. The van der Waals surface area contributed by atoms with E-state index in [2.05, 4.69) is 9.47 Å². The van der Waals surface area contributed by atoms with Gasteiger partial charge in [-0.15, -0.1) is 0 Å². The van der Waals surface area contributed by atoms with E-state index in [9.17, 15) is 9.59 Å². The number of esters is 2. The van der Waals surface area contributed by atoms with Gasteiger partial charge >= 0.3 is 35.0 Å². The number of halogens is 2. The first-order chi connectivity index (χ1) is 12.9. The van der Waals surface area contributed by atoms with Crippen molar-refractivity contribution in [3.05, 3.63) is 83.3 Å². The van der Waals surface area contributed by atoms with Crippen LogP contribution in [0.5, 0.6) is 0 Å². The zero-order valence-electron chi connectivity index (χ0n) is 14.6. The van der Waals surface area contributed by atoms with Gasteiger partial charge in [-0.1, -0.05) is 71.8 Å². The molecular formula is C18H20Cl2N2O4Pd-2. The van der Waals surface area contributed by atoms with E-state index in [1.165, 1.54) is 14.2 Å². The SMILES string of the molecule is COC(=O)C([NH-])c1ccccc1.COC(=O)C([NH-])c1ccccc1.[Cl][Pd][Cl]. The number of hydrogen-bond acceptors (Lipinski definition) is 4. The molecule has 0 saturated carbocycles. The van der Waals surface area contributed by atoms with Gasteiger partial charge in [-0.05, 0) is 12.1 Å². The van der Waals surface area contributed by atoms with Gasteiger partial charge in [0.2, 0.25) is 0 Å². The van der Waals surface area contributed by atoms with E-state index < -0.39 is 24.0 Å². The van der Waals surface area contributed by atoms with Crippen molar-refractivity contribution in [1.82, 2.24) is 0 Å². The Morgan fingerprint density at radius 3 is 1.26 bits per heavy atom. The molecule has 2 rings (SSSR count). The molecule has 0 heterocycles. The molecule has 0 aromatic heterocycles. The average molecular weight is 506 g/mol. The summed E-state index contributed by atoms with van der Waals surface area (Å²) in [6.07, 6.45) is 0. The summed E-state index contributed by atoms with van der Waals surface area (Å²) in [6.45, 7) is 0. The van der Waals surface area contributed by atoms with Gasteiger partial charge in [0.05, 0.1) is 14.2 Å². The van der Waals surface area contributed by atoms with Crippen LogP contribution in [0.25, 0.3) is 11.5 Å². The average Bonchev–Trinajstić information content (AvgIpc) is 2.73. The van der Waals surface area contributed by atoms with Gasteiger partial charge in [0.1, 0.15) is 0 Å². The van der Waals surface area contributed by atoms with Crippen molar-refractivity contribution in [3.8, 4) is 0 Å². The molecule has 0 aliphatic heterocycles. The van der Waals surface area contributed by atoms with Crippen molar-refractivity contribution < 1.29 is 35.0 Å². The Hall–Kier alpha value is -1.46. The third kappa shape index (κ3) is 10.5. The van der Waals surface area contributed by atoms with Crippen LogP contribution in [0, 0.1) is 0 Å². The summed E-state index contributed by atoms with van der Waals surface area (Å²) >= 11 is -0.106. The van der Waals surface area contributed by atoms with Crippen LogP contribution in [0.3, 0.4) is 0 Å². The van der Waals surface area contributed by atoms with Crippen molar-refractivity contribution in [3.63, 3.8) is 0 Å². The fourth-order valence-electron chi connectivity index (χ4n) is 1.80. The Morgan fingerprint density at radius 2 is 1.04 bits per heavy atom. The topological polar surface area (TPSA) is 100 Å².